The van der Waals surface area contributed by atoms with E-state index in [9.17, 15) is 0 Å². The van der Waals surface area contributed by atoms with E-state index < -0.39 is 0 Å². The molecule has 18 heavy (non-hydrogen) atoms. The van der Waals surface area contributed by atoms with Gasteiger partial charge in [0.05, 0.1) is 0 Å². The summed E-state index contributed by atoms with van der Waals surface area (Å²) in [5, 5.41) is 0. The van der Waals surface area contributed by atoms with Gasteiger partial charge in [-0.25, -0.2) is 0 Å². The van der Waals surface area contributed by atoms with Gasteiger partial charge in [0.2, 0.25) is 0 Å². The summed E-state index contributed by atoms with van der Waals surface area (Å²) < 4.78 is 0. The number of nitrogens with zero attached hydrogens (tertiary/aromatic N) is 1. The van der Waals surface area contributed by atoms with Crippen LogP contribution in [0.25, 0.3) is 0 Å². The Bertz CT molecular complexity index is 502. The molecule has 0 fully saturated rings. The van der Waals surface area contributed by atoms with E-state index in [2.05, 4.69) is 49.2 Å². The highest BCUT2D eigenvalue weighted by atomic mass is 14.6. The Hall–Kier alpha value is -1.63. The molecule has 0 aliphatic rings. The Morgan fingerprint density at radius 2 is 1.72 bits per heavy atom. The van der Waals surface area contributed by atoms with Crippen molar-refractivity contribution < 1.29 is 0 Å². The van der Waals surface area contributed by atoms with Crippen molar-refractivity contribution in [3.05, 3.63) is 65.0 Å². The Labute approximate surface area is 110 Å². The fourth-order valence-corrected chi connectivity index (χ4v) is 2.38. The fraction of sp³-hybridized carbons (Fsp3) is 0.353. The average Bonchev–Trinajstić information content (AvgIpc) is 2.41. The highest BCUT2D eigenvalue weighted by molar-refractivity contribution is 5.27. The van der Waals surface area contributed by atoms with Crippen LogP contribution in [0.2, 0.25) is 0 Å². The largest absolute Gasteiger partial charge is 0.264 e. The van der Waals surface area contributed by atoms with Crippen molar-refractivity contribution in [2.45, 2.75) is 39.5 Å². The molecule has 0 radical (unpaired) electrons. The Morgan fingerprint density at radius 3 is 2.50 bits per heavy atom. The van der Waals surface area contributed by atoms with Crippen molar-refractivity contribution in [3.63, 3.8) is 0 Å². The third-order valence-corrected chi connectivity index (χ3v) is 3.54. The Morgan fingerprint density at radius 1 is 0.944 bits per heavy atom. The number of benzene rings is 1. The molecule has 0 atom stereocenters. The molecule has 0 aliphatic carbocycles. The van der Waals surface area contributed by atoms with Gasteiger partial charge in [-0.15, -0.1) is 0 Å². The van der Waals surface area contributed by atoms with Crippen LogP contribution in [0.4, 0.5) is 0 Å². The molecule has 2 rings (SSSR count). The Kier molecular flexibility index (Phi) is 4.52. The van der Waals surface area contributed by atoms with Crippen LogP contribution in [0.3, 0.4) is 0 Å². The van der Waals surface area contributed by atoms with E-state index in [1.807, 2.05) is 12.4 Å². The Balaban J connectivity index is 1.95. The number of aryl methyl sites for hydroxylation is 4. The molecule has 0 N–H and O–H groups in total. The van der Waals surface area contributed by atoms with Gasteiger partial charge in [-0.3, -0.25) is 4.98 Å². The summed E-state index contributed by atoms with van der Waals surface area (Å²) >= 11 is 0. The van der Waals surface area contributed by atoms with E-state index in [0.29, 0.717) is 0 Å². The summed E-state index contributed by atoms with van der Waals surface area (Å²) in [6.07, 6.45) is 8.51. The summed E-state index contributed by atoms with van der Waals surface area (Å²) in [6.45, 7) is 4.39. The molecule has 2 aromatic rings. The molecule has 0 unspecified atom stereocenters. The van der Waals surface area contributed by atoms with Gasteiger partial charge in [0.15, 0.2) is 0 Å². The predicted molar refractivity (Wildman–Crippen MR) is 76.8 cm³/mol. The summed E-state index contributed by atoms with van der Waals surface area (Å²) in [5.41, 5.74) is 5.73. The molecule has 0 aliphatic heterocycles. The first-order valence-electron chi connectivity index (χ1n) is 6.77. The van der Waals surface area contributed by atoms with Crippen LogP contribution in [0.15, 0.2) is 42.7 Å². The zero-order chi connectivity index (χ0) is 12.8. The van der Waals surface area contributed by atoms with E-state index in [1.54, 1.807) is 0 Å². The lowest BCUT2D eigenvalue weighted by Gasteiger charge is -2.08. The summed E-state index contributed by atoms with van der Waals surface area (Å²) in [5.74, 6) is 0. The molecule has 1 heteroatoms. The van der Waals surface area contributed by atoms with Crippen LogP contribution in [-0.2, 0) is 19.3 Å². The molecule has 94 valence electrons. The monoisotopic (exact) mass is 239 g/mol. The number of pyridine rings is 1. The van der Waals surface area contributed by atoms with Crippen molar-refractivity contribution in [2.24, 2.45) is 0 Å². The third-order valence-electron chi connectivity index (χ3n) is 3.54. The second-order valence-electron chi connectivity index (χ2n) is 4.78. The first-order chi connectivity index (χ1) is 8.81. The molecule has 1 heterocycles. The van der Waals surface area contributed by atoms with Crippen LogP contribution in [0.1, 0.15) is 35.6 Å². The summed E-state index contributed by atoms with van der Waals surface area (Å²) in [7, 11) is 0. The molecule has 1 nitrogen and oxygen atoms in total. The molecular formula is C17H21N. The quantitative estimate of drug-likeness (QED) is 0.764. The first-order valence-corrected chi connectivity index (χ1v) is 6.77. The zero-order valence-corrected chi connectivity index (χ0v) is 11.3. The number of rotatable bonds is 5. The van der Waals surface area contributed by atoms with E-state index in [1.165, 1.54) is 28.7 Å². The van der Waals surface area contributed by atoms with Crippen LogP contribution < -0.4 is 0 Å². The minimum absolute atomic E-state index is 1.08. The predicted octanol–water partition coefficient (Wildman–Crippen LogP) is 4.13. The average molecular weight is 239 g/mol. The fourth-order valence-electron chi connectivity index (χ4n) is 2.38. The van der Waals surface area contributed by atoms with Gasteiger partial charge in [-0.05, 0) is 60.9 Å². The molecule has 1 aromatic carbocycles. The van der Waals surface area contributed by atoms with Gasteiger partial charge < -0.3 is 0 Å². The maximum Gasteiger partial charge on any atom is 0.0302 e. The van der Waals surface area contributed by atoms with Crippen molar-refractivity contribution in [3.8, 4) is 0 Å². The standard InChI is InChI=1S/C17H21N/c1-3-15-13-18-12-11-17(15)10-6-9-16-8-5-4-7-14(16)2/h4-5,7-8,11-13H,3,6,9-10H2,1-2H3. The minimum Gasteiger partial charge on any atom is -0.264 e. The zero-order valence-electron chi connectivity index (χ0n) is 11.3. The molecule has 0 saturated heterocycles. The molecular weight excluding hydrogens is 218 g/mol. The maximum atomic E-state index is 4.20. The van der Waals surface area contributed by atoms with Gasteiger partial charge in [-0.2, -0.15) is 0 Å². The maximum absolute atomic E-state index is 4.20. The highest BCUT2D eigenvalue weighted by Gasteiger charge is 2.02. The second kappa shape index (κ2) is 6.34. The number of hydrogen-bond donors (Lipinski definition) is 0. The lowest BCUT2D eigenvalue weighted by molar-refractivity contribution is 0.804. The normalized spacial score (nSPS) is 10.6. The van der Waals surface area contributed by atoms with Crippen molar-refractivity contribution in [1.82, 2.24) is 4.98 Å². The van der Waals surface area contributed by atoms with E-state index in [-0.39, 0.29) is 0 Å². The number of aromatic nitrogens is 1. The lowest BCUT2D eigenvalue weighted by Crippen LogP contribution is -1.96. The van der Waals surface area contributed by atoms with Crippen molar-refractivity contribution in [1.29, 1.82) is 0 Å². The minimum atomic E-state index is 1.08. The lowest BCUT2D eigenvalue weighted by atomic mass is 9.98. The first kappa shape index (κ1) is 12.8. The van der Waals surface area contributed by atoms with Crippen LogP contribution in [-0.4, -0.2) is 4.98 Å². The van der Waals surface area contributed by atoms with Crippen molar-refractivity contribution in [2.75, 3.05) is 0 Å². The van der Waals surface area contributed by atoms with E-state index in [4.69, 9.17) is 0 Å². The number of hydrogen-bond acceptors (Lipinski definition) is 1. The van der Waals surface area contributed by atoms with Crippen LogP contribution in [0.5, 0.6) is 0 Å². The summed E-state index contributed by atoms with van der Waals surface area (Å²) in [6, 6.07) is 10.8. The van der Waals surface area contributed by atoms with Gasteiger partial charge in [0.25, 0.3) is 0 Å². The van der Waals surface area contributed by atoms with Crippen LogP contribution >= 0.6 is 0 Å². The van der Waals surface area contributed by atoms with E-state index in [0.717, 1.165) is 19.3 Å². The second-order valence-corrected chi connectivity index (χ2v) is 4.78. The van der Waals surface area contributed by atoms with Gasteiger partial charge in [0, 0.05) is 12.4 Å². The molecule has 0 spiro atoms. The smallest absolute Gasteiger partial charge is 0.0302 e. The molecule has 1 aromatic heterocycles. The van der Waals surface area contributed by atoms with E-state index >= 15 is 0 Å². The molecule has 0 saturated carbocycles. The van der Waals surface area contributed by atoms with Gasteiger partial charge >= 0.3 is 0 Å². The SMILES string of the molecule is CCc1cnccc1CCCc1ccccc1C. The highest BCUT2D eigenvalue weighted by Crippen LogP contribution is 2.14. The van der Waals surface area contributed by atoms with Crippen molar-refractivity contribution >= 4 is 0 Å². The topological polar surface area (TPSA) is 12.9 Å². The van der Waals surface area contributed by atoms with Gasteiger partial charge in [-0.1, -0.05) is 31.2 Å². The molecule has 0 amide bonds. The van der Waals surface area contributed by atoms with Gasteiger partial charge in [0.1, 0.15) is 0 Å². The summed E-state index contributed by atoms with van der Waals surface area (Å²) in [4.78, 5) is 4.20. The van der Waals surface area contributed by atoms with Crippen LogP contribution in [0, 0.1) is 6.92 Å². The third kappa shape index (κ3) is 3.19. The molecule has 0 bridgehead atoms.